The van der Waals surface area contributed by atoms with Crippen LogP contribution >= 0.6 is 24.0 Å². The summed E-state index contributed by atoms with van der Waals surface area (Å²) in [5.41, 5.74) is 0. The van der Waals surface area contributed by atoms with Gasteiger partial charge in [0.15, 0.2) is 9.84 Å². The number of hydrogen-bond donors (Lipinski definition) is 0. The second-order valence-corrected chi connectivity index (χ2v) is 7.20. The van der Waals surface area contributed by atoms with Crippen LogP contribution in [-0.2, 0) is 9.84 Å². The third-order valence-electron chi connectivity index (χ3n) is 2.31. The SMILES string of the molecule is CN1C(=S)SC2CS(=O)(=O)CC21. The van der Waals surface area contributed by atoms with Gasteiger partial charge in [0, 0.05) is 12.3 Å². The highest BCUT2D eigenvalue weighted by molar-refractivity contribution is 8.24. The zero-order valence-corrected chi connectivity index (χ0v) is 9.01. The van der Waals surface area contributed by atoms with E-state index < -0.39 is 9.84 Å². The van der Waals surface area contributed by atoms with Crippen molar-refractivity contribution in [2.45, 2.75) is 11.3 Å². The van der Waals surface area contributed by atoms with E-state index in [0.29, 0.717) is 5.75 Å². The summed E-state index contributed by atoms with van der Waals surface area (Å²) in [6.45, 7) is 0. The van der Waals surface area contributed by atoms with Crippen molar-refractivity contribution in [2.75, 3.05) is 18.6 Å². The van der Waals surface area contributed by atoms with E-state index >= 15 is 0 Å². The van der Waals surface area contributed by atoms with E-state index in [-0.39, 0.29) is 17.0 Å². The number of fused-ring (bicyclic) bond motifs is 1. The Morgan fingerprint density at radius 1 is 1.58 bits per heavy atom. The van der Waals surface area contributed by atoms with E-state index in [1.165, 1.54) is 11.8 Å². The maximum Gasteiger partial charge on any atom is 0.153 e. The summed E-state index contributed by atoms with van der Waals surface area (Å²) < 4.78 is 23.3. The molecule has 0 saturated carbocycles. The van der Waals surface area contributed by atoms with Gasteiger partial charge in [-0.25, -0.2) is 8.42 Å². The minimum absolute atomic E-state index is 0.132. The van der Waals surface area contributed by atoms with Gasteiger partial charge in [0.1, 0.15) is 4.32 Å². The summed E-state index contributed by atoms with van der Waals surface area (Å²) in [5, 5.41) is 0.187. The summed E-state index contributed by atoms with van der Waals surface area (Å²) in [6.07, 6.45) is 0. The Balaban J connectivity index is 2.27. The van der Waals surface area contributed by atoms with Crippen molar-refractivity contribution in [3.63, 3.8) is 0 Å². The van der Waals surface area contributed by atoms with Gasteiger partial charge in [-0.05, 0) is 0 Å². The first-order valence-electron chi connectivity index (χ1n) is 3.63. The van der Waals surface area contributed by atoms with Crippen LogP contribution in [0.25, 0.3) is 0 Å². The Hall–Kier alpha value is 0.190. The second-order valence-electron chi connectivity index (χ2n) is 3.18. The van der Waals surface area contributed by atoms with Gasteiger partial charge in [-0.3, -0.25) is 0 Å². The molecule has 68 valence electrons. The van der Waals surface area contributed by atoms with E-state index in [0.717, 1.165) is 4.32 Å². The minimum atomic E-state index is -2.78. The van der Waals surface area contributed by atoms with E-state index in [4.69, 9.17) is 12.2 Å². The van der Waals surface area contributed by atoms with Gasteiger partial charge in [-0.2, -0.15) is 0 Å². The Bertz CT molecular complexity index is 324. The molecule has 0 aromatic heterocycles. The summed E-state index contributed by atoms with van der Waals surface area (Å²) in [6, 6.07) is 0.132. The Kier molecular flexibility index (Phi) is 1.89. The van der Waals surface area contributed by atoms with E-state index in [1.807, 2.05) is 11.9 Å². The summed E-state index contributed by atoms with van der Waals surface area (Å²) in [5.74, 6) is 0.578. The molecule has 2 aliphatic heterocycles. The first-order chi connectivity index (χ1) is 5.49. The smallest absolute Gasteiger partial charge is 0.153 e. The van der Waals surface area contributed by atoms with Crippen molar-refractivity contribution in [3.05, 3.63) is 0 Å². The van der Waals surface area contributed by atoms with Gasteiger partial charge < -0.3 is 4.90 Å². The normalized spacial score (nSPS) is 38.8. The van der Waals surface area contributed by atoms with Crippen molar-refractivity contribution in [1.82, 2.24) is 4.90 Å². The molecule has 3 nitrogen and oxygen atoms in total. The average molecular weight is 223 g/mol. The molecule has 2 aliphatic rings. The van der Waals surface area contributed by atoms with E-state index in [2.05, 4.69) is 0 Å². The van der Waals surface area contributed by atoms with Crippen LogP contribution in [0.4, 0.5) is 0 Å². The molecule has 2 heterocycles. The number of nitrogens with zero attached hydrogens (tertiary/aromatic N) is 1. The highest BCUT2D eigenvalue weighted by atomic mass is 32.2. The van der Waals surface area contributed by atoms with Crippen LogP contribution < -0.4 is 0 Å². The third-order valence-corrected chi connectivity index (χ3v) is 6.09. The van der Waals surface area contributed by atoms with Crippen LogP contribution in [0.15, 0.2) is 0 Å². The molecule has 2 fully saturated rings. The van der Waals surface area contributed by atoms with E-state index in [9.17, 15) is 8.42 Å². The van der Waals surface area contributed by atoms with Crippen molar-refractivity contribution >= 4 is 38.1 Å². The lowest BCUT2D eigenvalue weighted by Gasteiger charge is -2.16. The zero-order chi connectivity index (χ0) is 8.93. The molecule has 0 N–H and O–H groups in total. The fraction of sp³-hybridized carbons (Fsp3) is 0.833. The fourth-order valence-corrected chi connectivity index (χ4v) is 5.97. The highest BCUT2D eigenvalue weighted by Crippen LogP contribution is 2.36. The van der Waals surface area contributed by atoms with Crippen LogP contribution in [0.3, 0.4) is 0 Å². The monoisotopic (exact) mass is 223 g/mol. The molecule has 0 amide bonds. The molecule has 2 saturated heterocycles. The third kappa shape index (κ3) is 1.25. The summed E-state index contributed by atoms with van der Waals surface area (Å²) >= 11 is 6.59. The van der Waals surface area contributed by atoms with Crippen LogP contribution in [0.2, 0.25) is 0 Å². The fourth-order valence-electron chi connectivity index (χ4n) is 1.62. The highest BCUT2D eigenvalue weighted by Gasteiger charge is 2.46. The molecule has 0 radical (unpaired) electrons. The molecule has 2 atom stereocenters. The lowest BCUT2D eigenvalue weighted by molar-refractivity contribution is 0.429. The molecule has 0 aromatic rings. The van der Waals surface area contributed by atoms with Crippen LogP contribution in [0.1, 0.15) is 0 Å². The molecule has 0 aliphatic carbocycles. The Labute approximate surface area is 81.4 Å². The molecule has 2 rings (SSSR count). The predicted molar refractivity (Wildman–Crippen MR) is 54.2 cm³/mol. The number of thiocarbonyl (C=S) groups is 1. The standard InChI is InChI=1S/C6H9NO2S3/c1-7-4-2-12(8,9)3-5(4)11-6(7)10/h4-5H,2-3H2,1H3. The first kappa shape index (κ1) is 8.77. The Morgan fingerprint density at radius 3 is 2.83 bits per heavy atom. The molecular weight excluding hydrogens is 214 g/mol. The van der Waals surface area contributed by atoms with E-state index in [1.54, 1.807) is 0 Å². The van der Waals surface area contributed by atoms with Gasteiger partial charge in [-0.15, -0.1) is 0 Å². The van der Waals surface area contributed by atoms with Crippen molar-refractivity contribution in [2.24, 2.45) is 0 Å². The van der Waals surface area contributed by atoms with Crippen LogP contribution in [-0.4, -0.2) is 47.5 Å². The van der Waals surface area contributed by atoms with Gasteiger partial charge in [0.25, 0.3) is 0 Å². The predicted octanol–water partition coefficient (Wildman–Crippen LogP) is 0.115. The molecule has 0 spiro atoms. The van der Waals surface area contributed by atoms with Crippen molar-refractivity contribution in [1.29, 1.82) is 0 Å². The summed E-state index contributed by atoms with van der Waals surface area (Å²) in [4.78, 5) is 1.91. The van der Waals surface area contributed by atoms with Crippen molar-refractivity contribution in [3.8, 4) is 0 Å². The minimum Gasteiger partial charge on any atom is -0.355 e. The van der Waals surface area contributed by atoms with Crippen LogP contribution in [0, 0.1) is 0 Å². The number of hydrogen-bond acceptors (Lipinski definition) is 4. The summed E-state index contributed by atoms with van der Waals surface area (Å²) in [7, 11) is -0.908. The number of rotatable bonds is 0. The van der Waals surface area contributed by atoms with Crippen molar-refractivity contribution < 1.29 is 8.42 Å². The maximum atomic E-state index is 11.2. The molecular formula is C6H9NO2S3. The number of sulfone groups is 1. The second kappa shape index (κ2) is 2.59. The maximum absolute atomic E-state index is 11.2. The topological polar surface area (TPSA) is 37.4 Å². The van der Waals surface area contributed by atoms with Gasteiger partial charge in [-0.1, -0.05) is 24.0 Å². The molecule has 12 heavy (non-hydrogen) atoms. The Morgan fingerprint density at radius 2 is 2.25 bits per heavy atom. The molecule has 0 bridgehead atoms. The molecule has 2 unspecified atom stereocenters. The lowest BCUT2D eigenvalue weighted by atomic mass is 10.2. The average Bonchev–Trinajstić information content (AvgIpc) is 2.33. The van der Waals surface area contributed by atoms with Gasteiger partial charge in [0.2, 0.25) is 0 Å². The quantitative estimate of drug-likeness (QED) is 0.545. The zero-order valence-electron chi connectivity index (χ0n) is 6.56. The van der Waals surface area contributed by atoms with Gasteiger partial charge >= 0.3 is 0 Å². The lowest BCUT2D eigenvalue weighted by Crippen LogP contribution is -2.32. The van der Waals surface area contributed by atoms with Crippen LogP contribution in [0.5, 0.6) is 0 Å². The number of thioether (sulfide) groups is 1. The first-order valence-corrected chi connectivity index (χ1v) is 6.74. The largest absolute Gasteiger partial charge is 0.355 e. The van der Waals surface area contributed by atoms with Gasteiger partial charge in [0.05, 0.1) is 17.5 Å². The molecule has 0 aromatic carbocycles. The molecule has 6 heteroatoms.